The van der Waals surface area contributed by atoms with Crippen LogP contribution in [-0.4, -0.2) is 24.5 Å². The molecular weight excluding hydrogens is 624 g/mol. The number of hydrogen-bond donors (Lipinski definition) is 0. The van der Waals surface area contributed by atoms with Crippen molar-refractivity contribution in [2.24, 2.45) is 0 Å². The summed E-state index contributed by atoms with van der Waals surface area (Å²) in [6.45, 7) is 7.87. The third-order valence-corrected chi connectivity index (χ3v) is 8.17. The SMILES string of the molecule is COc1ccc(C(=O)c2cc(Oc3ccc(C(=O)c4cc(C)cc(C)c4)cc3)cc(Oc3ccc(C(=O)c4cc(C)cc(C)c4)cc3)c2)cc1. The molecule has 0 saturated carbocycles. The van der Waals surface area contributed by atoms with Crippen molar-refractivity contribution >= 4 is 17.3 Å². The van der Waals surface area contributed by atoms with Gasteiger partial charge in [-0.1, -0.05) is 34.4 Å². The molecule has 0 aliphatic heterocycles. The number of benzene rings is 6. The lowest BCUT2D eigenvalue weighted by Crippen LogP contribution is -2.03. The molecule has 248 valence electrons. The quantitative estimate of drug-likeness (QED) is 0.129. The zero-order valence-corrected chi connectivity index (χ0v) is 28.6. The number of carbonyl (C=O) groups excluding carboxylic acids is 3. The first kappa shape index (κ1) is 33.6. The predicted molar refractivity (Wildman–Crippen MR) is 195 cm³/mol. The third-order valence-electron chi connectivity index (χ3n) is 8.17. The van der Waals surface area contributed by atoms with Gasteiger partial charge in [-0.2, -0.15) is 0 Å². The van der Waals surface area contributed by atoms with Gasteiger partial charge in [0.2, 0.25) is 0 Å². The zero-order valence-electron chi connectivity index (χ0n) is 28.6. The first-order valence-electron chi connectivity index (χ1n) is 16.2. The average molecular weight is 661 g/mol. The van der Waals surface area contributed by atoms with Crippen LogP contribution >= 0.6 is 0 Å². The molecule has 0 fully saturated rings. The summed E-state index contributed by atoms with van der Waals surface area (Å²) in [7, 11) is 1.57. The van der Waals surface area contributed by atoms with E-state index in [0.717, 1.165) is 22.3 Å². The summed E-state index contributed by atoms with van der Waals surface area (Å²) in [4.78, 5) is 40.0. The molecule has 0 saturated heterocycles. The first-order chi connectivity index (χ1) is 24.0. The Bertz CT molecular complexity index is 2040. The van der Waals surface area contributed by atoms with Gasteiger partial charge in [0.1, 0.15) is 28.7 Å². The van der Waals surface area contributed by atoms with Crippen LogP contribution in [0.25, 0.3) is 0 Å². The van der Waals surface area contributed by atoms with Crippen LogP contribution < -0.4 is 14.2 Å². The number of rotatable bonds is 11. The Hall–Kier alpha value is -6.27. The van der Waals surface area contributed by atoms with Crippen LogP contribution in [0.5, 0.6) is 28.7 Å². The summed E-state index contributed by atoms with van der Waals surface area (Å²) >= 11 is 0. The fourth-order valence-electron chi connectivity index (χ4n) is 5.90. The van der Waals surface area contributed by atoms with Crippen LogP contribution in [0.1, 0.15) is 70.0 Å². The van der Waals surface area contributed by atoms with Crippen molar-refractivity contribution in [3.05, 3.63) is 183 Å². The minimum atomic E-state index is -0.230. The molecule has 6 aromatic rings. The molecule has 0 aliphatic carbocycles. The van der Waals surface area contributed by atoms with Crippen molar-refractivity contribution in [2.45, 2.75) is 27.7 Å². The molecule has 0 aliphatic rings. The van der Waals surface area contributed by atoms with Gasteiger partial charge in [-0.05, 0) is 137 Å². The Morgan fingerprint density at radius 3 is 0.960 bits per heavy atom. The molecule has 6 rings (SSSR count). The highest BCUT2D eigenvalue weighted by Gasteiger charge is 2.16. The lowest BCUT2D eigenvalue weighted by Gasteiger charge is -2.13. The normalized spacial score (nSPS) is 10.7. The molecule has 0 heterocycles. The maximum absolute atomic E-state index is 13.6. The van der Waals surface area contributed by atoms with E-state index in [0.29, 0.717) is 62.1 Å². The van der Waals surface area contributed by atoms with Gasteiger partial charge in [-0.15, -0.1) is 0 Å². The van der Waals surface area contributed by atoms with Gasteiger partial charge in [0.05, 0.1) is 7.11 Å². The molecular formula is C44H36O6. The van der Waals surface area contributed by atoms with Gasteiger partial charge in [-0.3, -0.25) is 14.4 Å². The van der Waals surface area contributed by atoms with E-state index < -0.39 is 0 Å². The highest BCUT2D eigenvalue weighted by molar-refractivity contribution is 6.10. The van der Waals surface area contributed by atoms with Crippen LogP contribution in [-0.2, 0) is 0 Å². The second-order valence-corrected chi connectivity index (χ2v) is 12.4. The number of methoxy groups -OCH3 is 1. The van der Waals surface area contributed by atoms with E-state index >= 15 is 0 Å². The molecule has 0 radical (unpaired) electrons. The molecule has 0 atom stereocenters. The standard InChI is InChI=1S/C44H36O6/c1-27-18-28(2)21-34(20-27)42(45)32-8-14-38(15-9-32)49-40-24-36(44(47)31-6-12-37(48-5)13-7-31)25-41(26-40)50-39-16-10-33(11-17-39)43(46)35-22-29(3)19-30(4)23-35/h6-26H,1-5H3. The lowest BCUT2D eigenvalue weighted by atomic mass is 9.99. The second-order valence-electron chi connectivity index (χ2n) is 12.4. The topological polar surface area (TPSA) is 78.9 Å². The highest BCUT2D eigenvalue weighted by Crippen LogP contribution is 2.32. The molecule has 6 aromatic carbocycles. The molecule has 50 heavy (non-hydrogen) atoms. The van der Waals surface area contributed by atoms with Gasteiger partial charge < -0.3 is 14.2 Å². The smallest absolute Gasteiger partial charge is 0.193 e. The van der Waals surface area contributed by atoms with Crippen molar-refractivity contribution in [3.63, 3.8) is 0 Å². The molecule has 0 N–H and O–H groups in total. The van der Waals surface area contributed by atoms with Crippen LogP contribution in [0.4, 0.5) is 0 Å². The van der Waals surface area contributed by atoms with Gasteiger partial charge in [0, 0.05) is 39.4 Å². The van der Waals surface area contributed by atoms with Crippen LogP contribution in [0, 0.1) is 27.7 Å². The van der Waals surface area contributed by atoms with Crippen molar-refractivity contribution in [1.82, 2.24) is 0 Å². The first-order valence-corrected chi connectivity index (χ1v) is 16.2. The van der Waals surface area contributed by atoms with Crippen molar-refractivity contribution in [2.75, 3.05) is 7.11 Å². The summed E-state index contributed by atoms with van der Waals surface area (Å²) in [5, 5.41) is 0. The molecule has 0 aromatic heterocycles. The van der Waals surface area contributed by atoms with Gasteiger partial charge >= 0.3 is 0 Å². The number of ketones is 3. The summed E-state index contributed by atoms with van der Waals surface area (Å²) in [5.74, 6) is 1.96. The van der Waals surface area contributed by atoms with Crippen molar-refractivity contribution in [1.29, 1.82) is 0 Å². The molecule has 6 nitrogen and oxygen atoms in total. The van der Waals surface area contributed by atoms with E-state index in [9.17, 15) is 14.4 Å². The fraction of sp³-hybridized carbons (Fsp3) is 0.114. The van der Waals surface area contributed by atoms with Crippen LogP contribution in [0.2, 0.25) is 0 Å². The Balaban J connectivity index is 1.27. The Morgan fingerprint density at radius 2 is 0.640 bits per heavy atom. The summed E-state index contributed by atoms with van der Waals surface area (Å²) in [5.41, 5.74) is 7.26. The van der Waals surface area contributed by atoms with E-state index in [1.165, 1.54) is 0 Å². The molecule has 0 spiro atoms. The maximum Gasteiger partial charge on any atom is 0.193 e. The summed E-state index contributed by atoms with van der Waals surface area (Å²) in [6, 6.07) is 37.2. The minimum absolute atomic E-state index is 0.0761. The van der Waals surface area contributed by atoms with Gasteiger partial charge in [0.15, 0.2) is 17.3 Å². The van der Waals surface area contributed by atoms with Crippen molar-refractivity contribution < 1.29 is 28.6 Å². The summed E-state index contributed by atoms with van der Waals surface area (Å²) < 4.78 is 17.7. The van der Waals surface area contributed by atoms with Gasteiger partial charge in [0.25, 0.3) is 0 Å². The fourth-order valence-corrected chi connectivity index (χ4v) is 5.90. The lowest BCUT2D eigenvalue weighted by molar-refractivity contribution is 0.103. The minimum Gasteiger partial charge on any atom is -0.497 e. The number of carbonyl (C=O) groups is 3. The van der Waals surface area contributed by atoms with E-state index in [4.69, 9.17) is 14.2 Å². The van der Waals surface area contributed by atoms with E-state index in [-0.39, 0.29) is 17.3 Å². The average Bonchev–Trinajstić information content (AvgIpc) is 3.10. The number of ether oxygens (including phenoxy) is 3. The zero-order chi connectivity index (χ0) is 35.4. The van der Waals surface area contributed by atoms with Crippen LogP contribution in [0.15, 0.2) is 127 Å². The molecule has 0 amide bonds. The predicted octanol–water partition coefficient (Wildman–Crippen LogP) is 10.2. The molecule has 6 heteroatoms. The van der Waals surface area contributed by atoms with E-state index in [2.05, 4.69) is 0 Å². The van der Waals surface area contributed by atoms with Crippen molar-refractivity contribution in [3.8, 4) is 28.7 Å². The number of aryl methyl sites for hydroxylation is 4. The monoisotopic (exact) mass is 660 g/mol. The second kappa shape index (κ2) is 14.5. The van der Waals surface area contributed by atoms with Crippen LogP contribution in [0.3, 0.4) is 0 Å². The Morgan fingerprint density at radius 1 is 0.340 bits per heavy atom. The third kappa shape index (κ3) is 7.88. The van der Waals surface area contributed by atoms with E-state index in [1.54, 1.807) is 98.1 Å². The Labute approximate surface area is 291 Å². The molecule has 0 unspecified atom stereocenters. The van der Waals surface area contributed by atoms with Gasteiger partial charge in [-0.25, -0.2) is 0 Å². The number of hydrogen-bond acceptors (Lipinski definition) is 6. The highest BCUT2D eigenvalue weighted by atomic mass is 16.5. The largest absolute Gasteiger partial charge is 0.497 e. The summed E-state index contributed by atoms with van der Waals surface area (Å²) in [6.07, 6.45) is 0. The maximum atomic E-state index is 13.6. The van der Waals surface area contributed by atoms with E-state index in [1.807, 2.05) is 64.1 Å². The molecule has 0 bridgehead atoms. The Kier molecular flexibility index (Phi) is 9.73.